The van der Waals surface area contributed by atoms with Crippen LogP contribution in [0.2, 0.25) is 0 Å². The van der Waals surface area contributed by atoms with Crippen molar-refractivity contribution in [3.05, 3.63) is 149 Å². The number of hydrogen-bond acceptors (Lipinski definition) is 6. The Kier molecular flexibility index (Phi) is 6.47. The van der Waals surface area contributed by atoms with Crippen molar-refractivity contribution in [3.63, 3.8) is 0 Å². The molecule has 1 atom stereocenters. The summed E-state index contributed by atoms with van der Waals surface area (Å²) in [5.41, 5.74) is 5.48. The van der Waals surface area contributed by atoms with Crippen molar-refractivity contribution in [2.24, 2.45) is 0 Å². The van der Waals surface area contributed by atoms with Crippen LogP contribution in [-0.4, -0.2) is 24.8 Å². The number of anilines is 3. The van der Waals surface area contributed by atoms with Gasteiger partial charge in [-0.3, -0.25) is 4.79 Å². The van der Waals surface area contributed by atoms with Crippen LogP contribution in [0.4, 0.5) is 17.1 Å². The van der Waals surface area contributed by atoms with Crippen LogP contribution < -0.4 is 15.0 Å². The van der Waals surface area contributed by atoms with E-state index in [2.05, 4.69) is 30.1 Å². The number of nitrogens with zero attached hydrogens (tertiary/aromatic N) is 1. The molecule has 5 aromatic carbocycles. The third-order valence-corrected chi connectivity index (χ3v) is 8.27. The van der Waals surface area contributed by atoms with Crippen LogP contribution >= 0.6 is 0 Å². The topological polar surface area (TPSA) is 67.9 Å². The van der Waals surface area contributed by atoms with Crippen LogP contribution in [0, 0.1) is 0 Å². The first kappa shape index (κ1) is 26.5. The van der Waals surface area contributed by atoms with Gasteiger partial charge in [0, 0.05) is 64.0 Å². The van der Waals surface area contributed by atoms with Crippen LogP contribution in [0.5, 0.6) is 11.5 Å². The van der Waals surface area contributed by atoms with Gasteiger partial charge in [-0.2, -0.15) is 0 Å². The first-order chi connectivity index (χ1) is 21.0. The van der Waals surface area contributed by atoms with Gasteiger partial charge < -0.3 is 19.7 Å². The second-order valence-corrected chi connectivity index (χ2v) is 10.7. The second kappa shape index (κ2) is 10.5. The highest BCUT2D eigenvalue weighted by Crippen LogP contribution is 2.57. The van der Waals surface area contributed by atoms with E-state index in [9.17, 15) is 9.59 Å². The molecule has 2 aliphatic rings. The van der Waals surface area contributed by atoms with Crippen molar-refractivity contribution < 1.29 is 19.1 Å². The summed E-state index contributed by atoms with van der Waals surface area (Å²) in [7, 11) is 0. The van der Waals surface area contributed by atoms with Gasteiger partial charge in [0.2, 0.25) is 0 Å². The average molecular weight is 567 g/mol. The standard InChI is InChI=1S/C37H30N2O4/c1-3-39(4-2)28-18-19-31-34(23-28)42-33-20-17-27(22-32(33)37(31)30-16-9-8-15-29(30)36(41)43-37)38-26-14-10-13-25(21-26)35(40)24-11-6-5-7-12-24/h5-23,38H,3-4H2,1-2H3. The maximum absolute atomic E-state index is 13.3. The number of carbonyl (C=O) groups excluding carboxylic acids is 2. The lowest BCUT2D eigenvalue weighted by Gasteiger charge is -2.37. The van der Waals surface area contributed by atoms with E-state index in [0.29, 0.717) is 28.2 Å². The fraction of sp³-hybridized carbons (Fsp3) is 0.135. The molecule has 7 rings (SSSR count). The third-order valence-electron chi connectivity index (χ3n) is 8.27. The van der Waals surface area contributed by atoms with Crippen molar-refractivity contribution in [1.29, 1.82) is 0 Å². The van der Waals surface area contributed by atoms with Crippen molar-refractivity contribution in [1.82, 2.24) is 0 Å². The predicted molar refractivity (Wildman–Crippen MR) is 168 cm³/mol. The summed E-state index contributed by atoms with van der Waals surface area (Å²) < 4.78 is 12.9. The van der Waals surface area contributed by atoms with E-state index < -0.39 is 5.60 Å². The Morgan fingerprint density at radius 2 is 1.44 bits per heavy atom. The summed E-state index contributed by atoms with van der Waals surface area (Å²) in [6, 6.07) is 36.1. The second-order valence-electron chi connectivity index (χ2n) is 10.7. The van der Waals surface area contributed by atoms with Gasteiger partial charge >= 0.3 is 5.97 Å². The van der Waals surface area contributed by atoms with E-state index in [1.807, 2.05) is 109 Å². The molecule has 1 spiro atoms. The Bertz CT molecular complexity index is 1880. The average Bonchev–Trinajstić information content (AvgIpc) is 3.34. The fourth-order valence-corrected chi connectivity index (χ4v) is 6.19. The van der Waals surface area contributed by atoms with Crippen LogP contribution in [0.15, 0.2) is 115 Å². The molecule has 2 aliphatic heterocycles. The molecule has 0 radical (unpaired) electrons. The molecule has 0 saturated carbocycles. The van der Waals surface area contributed by atoms with Crippen LogP contribution in [0.1, 0.15) is 56.8 Å². The van der Waals surface area contributed by atoms with Gasteiger partial charge in [0.1, 0.15) is 11.5 Å². The van der Waals surface area contributed by atoms with Crippen molar-refractivity contribution in [2.45, 2.75) is 19.4 Å². The number of rotatable bonds is 7. The molecule has 0 amide bonds. The smallest absolute Gasteiger partial charge is 0.340 e. The van der Waals surface area contributed by atoms with Crippen LogP contribution in [-0.2, 0) is 10.3 Å². The Hall–Kier alpha value is -5.36. The van der Waals surface area contributed by atoms with Gasteiger partial charge in [-0.05, 0) is 62.4 Å². The van der Waals surface area contributed by atoms with Gasteiger partial charge in [-0.15, -0.1) is 0 Å². The van der Waals surface area contributed by atoms with Crippen molar-refractivity contribution in [2.75, 3.05) is 23.3 Å². The summed E-state index contributed by atoms with van der Waals surface area (Å²) in [6.45, 7) is 5.97. The lowest BCUT2D eigenvalue weighted by molar-refractivity contribution is 0.0224. The Balaban J connectivity index is 1.32. The molecular weight excluding hydrogens is 536 g/mol. The molecule has 0 fully saturated rings. The maximum Gasteiger partial charge on any atom is 0.340 e. The minimum absolute atomic E-state index is 0.0443. The Labute approximate surface area is 250 Å². The number of ketones is 1. The number of esters is 1. The predicted octanol–water partition coefficient (Wildman–Crippen LogP) is 8.08. The number of nitrogens with one attached hydrogen (secondary N) is 1. The maximum atomic E-state index is 13.3. The molecule has 6 nitrogen and oxygen atoms in total. The molecule has 212 valence electrons. The third kappa shape index (κ3) is 4.34. The summed E-state index contributed by atoms with van der Waals surface area (Å²) in [4.78, 5) is 28.6. The molecule has 0 bridgehead atoms. The molecule has 5 aromatic rings. The van der Waals surface area contributed by atoms with Gasteiger partial charge in [0.25, 0.3) is 0 Å². The van der Waals surface area contributed by atoms with E-state index >= 15 is 0 Å². The lowest BCUT2D eigenvalue weighted by Crippen LogP contribution is -2.33. The highest BCUT2D eigenvalue weighted by molar-refractivity contribution is 6.09. The van der Waals surface area contributed by atoms with Gasteiger partial charge in [0.15, 0.2) is 11.4 Å². The molecule has 2 heterocycles. The fourth-order valence-electron chi connectivity index (χ4n) is 6.19. The molecule has 0 aliphatic carbocycles. The first-order valence-corrected chi connectivity index (χ1v) is 14.5. The molecule has 0 aromatic heterocycles. The minimum Gasteiger partial charge on any atom is -0.456 e. The molecule has 0 saturated heterocycles. The Morgan fingerprint density at radius 1 is 0.698 bits per heavy atom. The van der Waals surface area contributed by atoms with E-state index in [0.717, 1.165) is 46.8 Å². The molecule has 43 heavy (non-hydrogen) atoms. The highest BCUT2D eigenvalue weighted by Gasteiger charge is 2.53. The highest BCUT2D eigenvalue weighted by atomic mass is 16.6. The summed E-state index contributed by atoms with van der Waals surface area (Å²) >= 11 is 0. The lowest BCUT2D eigenvalue weighted by atomic mass is 9.77. The first-order valence-electron chi connectivity index (χ1n) is 14.5. The van der Waals surface area contributed by atoms with Crippen molar-refractivity contribution >= 4 is 28.8 Å². The monoisotopic (exact) mass is 566 g/mol. The summed E-state index contributed by atoms with van der Waals surface area (Å²) in [6.07, 6.45) is 0. The van der Waals surface area contributed by atoms with Gasteiger partial charge in [-0.1, -0.05) is 60.7 Å². The molecular formula is C37H30N2O4. The summed E-state index contributed by atoms with van der Waals surface area (Å²) in [5, 5.41) is 3.45. The Morgan fingerprint density at radius 3 is 2.26 bits per heavy atom. The minimum atomic E-state index is -1.17. The normalized spacial score (nSPS) is 16.0. The number of hydrogen-bond donors (Lipinski definition) is 1. The number of carbonyl (C=O) groups is 2. The van der Waals surface area contributed by atoms with Crippen LogP contribution in [0.25, 0.3) is 0 Å². The van der Waals surface area contributed by atoms with Gasteiger partial charge in [-0.25, -0.2) is 4.79 Å². The number of fused-ring (bicyclic) bond motifs is 6. The number of benzene rings is 5. The molecule has 1 unspecified atom stereocenters. The zero-order valence-electron chi connectivity index (χ0n) is 24.0. The van der Waals surface area contributed by atoms with E-state index in [4.69, 9.17) is 9.47 Å². The SMILES string of the molecule is CCN(CC)c1ccc2c(c1)Oc1ccc(Nc3cccc(C(=O)c4ccccc4)c3)cc1C21OC(=O)c2ccccc21. The quantitative estimate of drug-likeness (QED) is 0.159. The van der Waals surface area contributed by atoms with Crippen molar-refractivity contribution in [3.8, 4) is 11.5 Å². The summed E-state index contributed by atoms with van der Waals surface area (Å²) in [5.74, 6) is 0.867. The zero-order chi connectivity index (χ0) is 29.6. The largest absolute Gasteiger partial charge is 0.456 e. The molecule has 6 heteroatoms. The van der Waals surface area contributed by atoms with E-state index in [-0.39, 0.29) is 11.8 Å². The van der Waals surface area contributed by atoms with E-state index in [1.54, 1.807) is 0 Å². The van der Waals surface area contributed by atoms with E-state index in [1.165, 1.54) is 0 Å². The van der Waals surface area contributed by atoms with Gasteiger partial charge in [0.05, 0.1) is 5.56 Å². The van der Waals surface area contributed by atoms with Crippen LogP contribution in [0.3, 0.4) is 0 Å². The number of ether oxygens (including phenoxy) is 2. The molecule has 1 N–H and O–H groups in total. The zero-order valence-corrected chi connectivity index (χ0v) is 24.0.